The van der Waals surface area contributed by atoms with Gasteiger partial charge >= 0.3 is 0 Å². The second-order valence-electron chi connectivity index (χ2n) is 4.41. The second-order valence-corrected chi connectivity index (χ2v) is 5.45. The predicted molar refractivity (Wildman–Crippen MR) is 78.9 cm³/mol. The Balaban J connectivity index is 1.83. The fourth-order valence-corrected chi connectivity index (χ4v) is 2.81. The number of nitrogens with two attached hydrogens (primary N) is 1. The molecule has 6 heteroatoms. The van der Waals surface area contributed by atoms with Crippen LogP contribution in [0.25, 0.3) is 10.2 Å². The highest BCUT2D eigenvalue weighted by Gasteiger charge is 2.13. The third kappa shape index (κ3) is 2.43. The summed E-state index contributed by atoms with van der Waals surface area (Å²) in [5.74, 6) is 0.497. The Morgan fingerprint density at radius 3 is 3.00 bits per heavy atom. The van der Waals surface area contributed by atoms with Gasteiger partial charge in [0.05, 0.1) is 16.8 Å². The van der Waals surface area contributed by atoms with Crippen molar-refractivity contribution in [1.29, 1.82) is 0 Å². The zero-order chi connectivity index (χ0) is 14.1. The van der Waals surface area contributed by atoms with Crippen LogP contribution in [0.5, 0.6) is 0 Å². The van der Waals surface area contributed by atoms with Gasteiger partial charge in [0.1, 0.15) is 5.76 Å². The SMILES string of the molecule is Cc1ccc2nc(NC(=O)c3ccc(CN)o3)sc2c1. The zero-order valence-corrected chi connectivity index (χ0v) is 11.7. The van der Waals surface area contributed by atoms with Gasteiger partial charge in [0, 0.05) is 0 Å². The first-order valence-corrected chi connectivity index (χ1v) is 6.94. The van der Waals surface area contributed by atoms with Crippen molar-refractivity contribution >= 4 is 32.6 Å². The van der Waals surface area contributed by atoms with Crippen LogP contribution in [0.3, 0.4) is 0 Å². The molecule has 20 heavy (non-hydrogen) atoms. The third-order valence-corrected chi connectivity index (χ3v) is 3.78. The summed E-state index contributed by atoms with van der Waals surface area (Å²) >= 11 is 1.44. The van der Waals surface area contributed by atoms with Crippen LogP contribution in [0.2, 0.25) is 0 Å². The lowest BCUT2D eigenvalue weighted by atomic mass is 10.2. The Morgan fingerprint density at radius 1 is 1.40 bits per heavy atom. The molecule has 0 spiro atoms. The van der Waals surface area contributed by atoms with Crippen LogP contribution in [-0.2, 0) is 6.54 Å². The molecule has 0 fully saturated rings. The number of thiazole rings is 1. The second kappa shape index (κ2) is 5.07. The van der Waals surface area contributed by atoms with Crippen molar-refractivity contribution in [2.24, 2.45) is 5.73 Å². The molecule has 0 radical (unpaired) electrons. The van der Waals surface area contributed by atoms with Gasteiger partial charge in [0.25, 0.3) is 5.91 Å². The van der Waals surface area contributed by atoms with Crippen molar-refractivity contribution < 1.29 is 9.21 Å². The van der Waals surface area contributed by atoms with Crippen molar-refractivity contribution in [3.05, 3.63) is 47.4 Å². The minimum atomic E-state index is -0.319. The van der Waals surface area contributed by atoms with E-state index in [1.165, 1.54) is 11.3 Å². The third-order valence-electron chi connectivity index (χ3n) is 2.85. The number of nitrogens with zero attached hydrogens (tertiary/aromatic N) is 1. The van der Waals surface area contributed by atoms with Crippen LogP contribution < -0.4 is 11.1 Å². The molecule has 3 N–H and O–H groups in total. The van der Waals surface area contributed by atoms with Gasteiger partial charge in [-0.05, 0) is 36.8 Å². The number of hydrogen-bond donors (Lipinski definition) is 2. The van der Waals surface area contributed by atoms with Crippen LogP contribution in [0.15, 0.2) is 34.7 Å². The number of carbonyl (C=O) groups is 1. The number of anilines is 1. The number of hydrogen-bond acceptors (Lipinski definition) is 5. The molecule has 1 aromatic carbocycles. The fraction of sp³-hybridized carbons (Fsp3) is 0.143. The molecule has 3 aromatic rings. The molecule has 0 unspecified atom stereocenters. The van der Waals surface area contributed by atoms with Gasteiger partial charge in [0.2, 0.25) is 0 Å². The number of amides is 1. The van der Waals surface area contributed by atoms with E-state index in [9.17, 15) is 4.79 Å². The number of furan rings is 1. The minimum absolute atomic E-state index is 0.237. The standard InChI is InChI=1S/C14H13N3O2S/c1-8-2-4-10-12(6-8)20-14(16-10)17-13(18)11-5-3-9(7-15)19-11/h2-6H,7,15H2,1H3,(H,16,17,18). The van der Waals surface area contributed by atoms with Crippen LogP contribution in [0, 0.1) is 6.92 Å². The Morgan fingerprint density at radius 2 is 2.25 bits per heavy atom. The molecule has 5 nitrogen and oxygen atoms in total. The molecule has 0 aliphatic rings. The number of fused-ring (bicyclic) bond motifs is 1. The van der Waals surface area contributed by atoms with Crippen LogP contribution in [0.1, 0.15) is 21.9 Å². The smallest absolute Gasteiger partial charge is 0.293 e. The summed E-state index contributed by atoms with van der Waals surface area (Å²) in [5.41, 5.74) is 7.48. The highest BCUT2D eigenvalue weighted by molar-refractivity contribution is 7.22. The summed E-state index contributed by atoms with van der Waals surface area (Å²) in [5, 5.41) is 3.30. The molecule has 3 rings (SSSR count). The number of benzene rings is 1. The summed E-state index contributed by atoms with van der Waals surface area (Å²) in [4.78, 5) is 16.4. The lowest BCUT2D eigenvalue weighted by Crippen LogP contribution is -2.10. The van der Waals surface area contributed by atoms with Crippen molar-refractivity contribution in [3.63, 3.8) is 0 Å². The molecular formula is C14H13N3O2S. The summed E-state index contributed by atoms with van der Waals surface area (Å²) in [7, 11) is 0. The van der Waals surface area contributed by atoms with Gasteiger partial charge < -0.3 is 10.2 Å². The van der Waals surface area contributed by atoms with Crippen LogP contribution in [0.4, 0.5) is 5.13 Å². The monoisotopic (exact) mass is 287 g/mol. The quantitative estimate of drug-likeness (QED) is 0.776. The molecular weight excluding hydrogens is 274 g/mol. The van der Waals surface area contributed by atoms with Crippen molar-refractivity contribution in [2.45, 2.75) is 13.5 Å². The maximum absolute atomic E-state index is 12.0. The van der Waals surface area contributed by atoms with Gasteiger partial charge in [-0.1, -0.05) is 17.4 Å². The molecule has 0 atom stereocenters. The van der Waals surface area contributed by atoms with Gasteiger partial charge in [-0.25, -0.2) is 4.98 Å². The highest BCUT2D eigenvalue weighted by Crippen LogP contribution is 2.27. The minimum Gasteiger partial charge on any atom is -0.455 e. The van der Waals surface area contributed by atoms with E-state index < -0.39 is 0 Å². The van der Waals surface area contributed by atoms with Gasteiger partial charge in [-0.15, -0.1) is 0 Å². The van der Waals surface area contributed by atoms with E-state index in [1.807, 2.05) is 25.1 Å². The van der Waals surface area contributed by atoms with E-state index >= 15 is 0 Å². The molecule has 0 aliphatic heterocycles. The first-order chi connectivity index (χ1) is 9.65. The molecule has 2 aromatic heterocycles. The van der Waals surface area contributed by atoms with E-state index in [0.29, 0.717) is 10.9 Å². The topological polar surface area (TPSA) is 81.2 Å². The molecule has 0 bridgehead atoms. The largest absolute Gasteiger partial charge is 0.455 e. The number of aryl methyl sites for hydroxylation is 1. The maximum atomic E-state index is 12.0. The Labute approximate surface area is 119 Å². The zero-order valence-electron chi connectivity index (χ0n) is 10.8. The number of nitrogens with one attached hydrogen (secondary N) is 1. The fourth-order valence-electron chi connectivity index (χ4n) is 1.85. The van der Waals surface area contributed by atoms with E-state index in [-0.39, 0.29) is 18.2 Å². The normalized spacial score (nSPS) is 10.9. The molecule has 0 saturated heterocycles. The molecule has 2 heterocycles. The first kappa shape index (κ1) is 12.8. The number of carbonyl (C=O) groups excluding carboxylic acids is 1. The van der Waals surface area contributed by atoms with Gasteiger partial charge in [0.15, 0.2) is 10.9 Å². The van der Waals surface area contributed by atoms with Gasteiger partial charge in [-0.3, -0.25) is 10.1 Å². The Bertz CT molecular complexity index is 776. The van der Waals surface area contributed by atoms with E-state index in [0.717, 1.165) is 15.8 Å². The molecule has 102 valence electrons. The average Bonchev–Trinajstić information content (AvgIpc) is 3.03. The predicted octanol–water partition coefficient (Wildman–Crippen LogP) is 2.91. The number of rotatable bonds is 3. The van der Waals surface area contributed by atoms with E-state index in [1.54, 1.807) is 12.1 Å². The van der Waals surface area contributed by atoms with E-state index in [4.69, 9.17) is 10.2 Å². The van der Waals surface area contributed by atoms with Gasteiger partial charge in [-0.2, -0.15) is 0 Å². The Hall–Kier alpha value is -2.18. The lowest BCUT2D eigenvalue weighted by molar-refractivity contribution is 0.0995. The average molecular weight is 287 g/mol. The van der Waals surface area contributed by atoms with Crippen molar-refractivity contribution in [1.82, 2.24) is 4.98 Å². The van der Waals surface area contributed by atoms with E-state index in [2.05, 4.69) is 10.3 Å². The molecule has 0 saturated carbocycles. The summed E-state index contributed by atoms with van der Waals surface area (Å²) in [6.45, 7) is 2.29. The van der Waals surface area contributed by atoms with Crippen molar-refractivity contribution in [2.75, 3.05) is 5.32 Å². The maximum Gasteiger partial charge on any atom is 0.293 e. The Kier molecular flexibility index (Phi) is 3.25. The highest BCUT2D eigenvalue weighted by atomic mass is 32.1. The molecule has 0 aliphatic carbocycles. The number of aromatic nitrogens is 1. The van der Waals surface area contributed by atoms with Crippen LogP contribution in [-0.4, -0.2) is 10.9 Å². The summed E-state index contributed by atoms with van der Waals surface area (Å²) in [6.07, 6.45) is 0. The van der Waals surface area contributed by atoms with Crippen molar-refractivity contribution in [3.8, 4) is 0 Å². The lowest BCUT2D eigenvalue weighted by Gasteiger charge is -1.97. The first-order valence-electron chi connectivity index (χ1n) is 6.13. The summed E-state index contributed by atoms with van der Waals surface area (Å²) in [6, 6.07) is 9.28. The van der Waals surface area contributed by atoms with Crippen LogP contribution >= 0.6 is 11.3 Å². The molecule has 1 amide bonds. The summed E-state index contributed by atoms with van der Waals surface area (Å²) < 4.78 is 6.34.